The number of carbonyl (C=O) groups excluding carboxylic acids is 1. The van der Waals surface area contributed by atoms with Crippen molar-refractivity contribution < 1.29 is 14.3 Å². The molecule has 0 fully saturated rings. The highest BCUT2D eigenvalue weighted by Crippen LogP contribution is 2.43. The Labute approximate surface area is 152 Å². The molecule has 0 spiro atoms. The van der Waals surface area contributed by atoms with Crippen molar-refractivity contribution in [3.8, 4) is 11.5 Å². The fourth-order valence-corrected chi connectivity index (χ4v) is 3.32. The topological polar surface area (TPSA) is 65.4 Å². The van der Waals surface area contributed by atoms with Crippen molar-refractivity contribution in [3.05, 3.63) is 34.5 Å². The summed E-state index contributed by atoms with van der Waals surface area (Å²) in [6.07, 6.45) is 2.28. The molecule has 2 heterocycles. The molecular formula is C18H22ClN3O3. The number of rotatable bonds is 5. The number of hydrogen-bond donors (Lipinski definition) is 1. The number of aromatic nitrogens is 2. The van der Waals surface area contributed by atoms with Gasteiger partial charge in [-0.3, -0.25) is 9.48 Å². The van der Waals surface area contributed by atoms with Gasteiger partial charge in [0.25, 0.3) is 0 Å². The minimum atomic E-state index is -0.168. The van der Waals surface area contributed by atoms with Gasteiger partial charge in [0.2, 0.25) is 5.91 Å². The van der Waals surface area contributed by atoms with Gasteiger partial charge in [-0.05, 0) is 32.4 Å². The maximum Gasteiger partial charge on any atom is 0.226 e. The van der Waals surface area contributed by atoms with Crippen LogP contribution in [0, 0.1) is 0 Å². The van der Waals surface area contributed by atoms with Gasteiger partial charge < -0.3 is 14.8 Å². The van der Waals surface area contributed by atoms with E-state index in [1.165, 1.54) is 0 Å². The summed E-state index contributed by atoms with van der Waals surface area (Å²) in [5, 5.41) is 7.79. The first kappa shape index (κ1) is 17.6. The van der Waals surface area contributed by atoms with Crippen molar-refractivity contribution in [1.29, 1.82) is 0 Å². The van der Waals surface area contributed by atoms with Crippen molar-refractivity contribution in [2.75, 3.05) is 12.4 Å². The summed E-state index contributed by atoms with van der Waals surface area (Å²) in [5.41, 5.74) is 1.80. The lowest BCUT2D eigenvalue weighted by Crippen LogP contribution is -2.23. The quantitative estimate of drug-likeness (QED) is 0.876. The molecular weight excluding hydrogens is 342 g/mol. The average Bonchev–Trinajstić information content (AvgIpc) is 2.97. The molecule has 7 heteroatoms. The van der Waals surface area contributed by atoms with Gasteiger partial charge in [-0.1, -0.05) is 11.6 Å². The Morgan fingerprint density at radius 2 is 2.12 bits per heavy atom. The third-order valence-corrected chi connectivity index (χ3v) is 4.49. The average molecular weight is 364 g/mol. The van der Waals surface area contributed by atoms with E-state index in [0.29, 0.717) is 28.8 Å². The highest BCUT2D eigenvalue weighted by atomic mass is 35.5. The van der Waals surface area contributed by atoms with Gasteiger partial charge in [0, 0.05) is 41.7 Å². The lowest BCUT2D eigenvalue weighted by atomic mass is 9.87. The summed E-state index contributed by atoms with van der Waals surface area (Å²) < 4.78 is 13.0. The Balaban J connectivity index is 2.07. The summed E-state index contributed by atoms with van der Waals surface area (Å²) in [6.45, 7) is 6.62. The first-order chi connectivity index (χ1) is 11.9. The van der Waals surface area contributed by atoms with E-state index in [1.807, 2.05) is 37.7 Å². The second-order valence-corrected chi connectivity index (χ2v) is 6.69. The molecule has 1 atom stereocenters. The minimum absolute atomic E-state index is 0.00524. The second kappa shape index (κ2) is 6.96. The molecule has 0 radical (unpaired) electrons. The van der Waals surface area contributed by atoms with Crippen molar-refractivity contribution in [2.24, 2.45) is 0 Å². The Hall–Kier alpha value is -2.21. The highest BCUT2D eigenvalue weighted by molar-refractivity contribution is 6.31. The molecule has 134 valence electrons. The number of aryl methyl sites for hydroxylation is 1. The molecule has 6 nitrogen and oxygen atoms in total. The summed E-state index contributed by atoms with van der Waals surface area (Å²) in [7, 11) is 1.59. The van der Waals surface area contributed by atoms with Crippen molar-refractivity contribution in [2.45, 2.75) is 45.8 Å². The van der Waals surface area contributed by atoms with Crippen LogP contribution in [0.4, 0.5) is 5.82 Å². The standard InChI is InChI=1S/C18H22ClN3O3/c1-5-22-9-13-11(7-17(23)20-18(13)21-22)12-6-15(24-4)16(8-14(12)19)25-10(2)3/h6,8-11H,5,7H2,1-4H3,(H,20,21,23). The second-order valence-electron chi connectivity index (χ2n) is 6.28. The molecule has 1 unspecified atom stereocenters. The van der Waals surface area contributed by atoms with E-state index in [9.17, 15) is 4.79 Å². The molecule has 0 aliphatic carbocycles. The van der Waals surface area contributed by atoms with Crippen LogP contribution in [0.2, 0.25) is 5.02 Å². The van der Waals surface area contributed by atoms with Crippen LogP contribution < -0.4 is 14.8 Å². The number of fused-ring (bicyclic) bond motifs is 1. The highest BCUT2D eigenvalue weighted by Gasteiger charge is 2.31. The van der Waals surface area contributed by atoms with Crippen LogP contribution in [0.1, 0.15) is 44.2 Å². The smallest absolute Gasteiger partial charge is 0.226 e. The predicted octanol–water partition coefficient (Wildman–Crippen LogP) is 3.83. The number of nitrogens with zero attached hydrogens (tertiary/aromatic N) is 2. The van der Waals surface area contributed by atoms with Gasteiger partial charge in [-0.25, -0.2) is 0 Å². The van der Waals surface area contributed by atoms with Gasteiger partial charge in [0.05, 0.1) is 13.2 Å². The van der Waals surface area contributed by atoms with E-state index in [1.54, 1.807) is 13.2 Å². The van der Waals surface area contributed by atoms with Crippen LogP contribution in [0.15, 0.2) is 18.3 Å². The van der Waals surface area contributed by atoms with Gasteiger partial charge >= 0.3 is 0 Å². The number of nitrogens with one attached hydrogen (secondary N) is 1. The third kappa shape index (κ3) is 3.44. The van der Waals surface area contributed by atoms with E-state index in [-0.39, 0.29) is 17.9 Å². The third-order valence-electron chi connectivity index (χ3n) is 4.16. The van der Waals surface area contributed by atoms with Gasteiger partial charge in [0.1, 0.15) is 0 Å². The molecule has 0 saturated heterocycles. The first-order valence-corrected chi connectivity index (χ1v) is 8.72. The molecule has 25 heavy (non-hydrogen) atoms. The fourth-order valence-electron chi connectivity index (χ4n) is 3.03. The van der Waals surface area contributed by atoms with E-state index >= 15 is 0 Å². The maximum atomic E-state index is 12.1. The zero-order valence-electron chi connectivity index (χ0n) is 14.8. The summed E-state index contributed by atoms with van der Waals surface area (Å²) in [4.78, 5) is 12.1. The molecule has 1 N–H and O–H groups in total. The number of carbonyl (C=O) groups is 1. The summed E-state index contributed by atoms with van der Waals surface area (Å²) >= 11 is 6.54. The number of halogens is 1. The fraction of sp³-hybridized carbons (Fsp3) is 0.444. The summed E-state index contributed by atoms with van der Waals surface area (Å²) in [6, 6.07) is 3.61. The normalized spacial score (nSPS) is 16.6. The lowest BCUT2D eigenvalue weighted by molar-refractivity contribution is -0.116. The monoisotopic (exact) mass is 363 g/mol. The van der Waals surface area contributed by atoms with Crippen LogP contribution >= 0.6 is 11.6 Å². The van der Waals surface area contributed by atoms with Crippen LogP contribution in [-0.2, 0) is 11.3 Å². The number of benzene rings is 1. The van der Waals surface area contributed by atoms with Crippen LogP contribution in [0.25, 0.3) is 0 Å². The Morgan fingerprint density at radius 3 is 2.76 bits per heavy atom. The molecule has 1 aliphatic rings. The summed E-state index contributed by atoms with van der Waals surface area (Å²) in [5.74, 6) is 1.55. The zero-order valence-corrected chi connectivity index (χ0v) is 15.6. The van der Waals surface area contributed by atoms with Gasteiger partial charge in [-0.15, -0.1) is 0 Å². The van der Waals surface area contributed by atoms with Crippen molar-refractivity contribution >= 4 is 23.3 Å². The Morgan fingerprint density at radius 1 is 1.36 bits per heavy atom. The van der Waals surface area contributed by atoms with E-state index in [0.717, 1.165) is 17.7 Å². The van der Waals surface area contributed by atoms with E-state index in [4.69, 9.17) is 21.1 Å². The number of methoxy groups -OCH3 is 1. The number of ether oxygens (including phenoxy) is 2. The van der Waals surface area contributed by atoms with Crippen LogP contribution in [0.5, 0.6) is 11.5 Å². The number of anilines is 1. The Bertz CT molecular complexity index is 801. The van der Waals surface area contributed by atoms with Crippen LogP contribution in [0.3, 0.4) is 0 Å². The predicted molar refractivity (Wildman–Crippen MR) is 96.8 cm³/mol. The number of amides is 1. The van der Waals surface area contributed by atoms with Crippen molar-refractivity contribution in [3.63, 3.8) is 0 Å². The minimum Gasteiger partial charge on any atom is -0.493 e. The zero-order chi connectivity index (χ0) is 18.1. The SMILES string of the molecule is CCn1cc2c(n1)NC(=O)CC2c1cc(OC)c(OC(C)C)cc1Cl. The van der Waals surface area contributed by atoms with Crippen molar-refractivity contribution in [1.82, 2.24) is 9.78 Å². The van der Waals surface area contributed by atoms with Gasteiger partial charge in [-0.2, -0.15) is 5.10 Å². The molecule has 1 aromatic carbocycles. The lowest BCUT2D eigenvalue weighted by Gasteiger charge is -2.24. The Kier molecular flexibility index (Phi) is 4.90. The maximum absolute atomic E-state index is 12.1. The largest absolute Gasteiger partial charge is 0.493 e. The van der Waals surface area contributed by atoms with Crippen LogP contribution in [-0.4, -0.2) is 28.9 Å². The molecule has 1 aliphatic heterocycles. The van der Waals surface area contributed by atoms with Gasteiger partial charge in [0.15, 0.2) is 17.3 Å². The molecule has 0 saturated carbocycles. The number of hydrogen-bond acceptors (Lipinski definition) is 4. The molecule has 2 aromatic rings. The molecule has 3 rings (SSSR count). The molecule has 1 amide bonds. The molecule has 1 aromatic heterocycles. The van der Waals surface area contributed by atoms with E-state index in [2.05, 4.69) is 10.4 Å². The van der Waals surface area contributed by atoms with E-state index < -0.39 is 0 Å². The molecule has 0 bridgehead atoms. The first-order valence-electron chi connectivity index (χ1n) is 8.34.